The van der Waals surface area contributed by atoms with Gasteiger partial charge in [-0.05, 0) is 19.1 Å². The molecule has 0 unspecified atom stereocenters. The van der Waals surface area contributed by atoms with E-state index in [0.717, 1.165) is 6.20 Å². The maximum Gasteiger partial charge on any atom is 0.260 e. The number of rotatable bonds is 4. The van der Waals surface area contributed by atoms with Crippen LogP contribution in [0.3, 0.4) is 0 Å². The SMILES string of the molecule is CCNc1ncc(F)c(Oc2ccccc2Cl)n1. The molecule has 0 saturated heterocycles. The lowest BCUT2D eigenvalue weighted by molar-refractivity contribution is 0.421. The summed E-state index contributed by atoms with van der Waals surface area (Å²) >= 11 is 5.92. The van der Waals surface area contributed by atoms with Crippen molar-refractivity contribution >= 4 is 17.5 Å². The summed E-state index contributed by atoms with van der Waals surface area (Å²) in [5, 5.41) is 3.26. The third-order valence-corrected chi connectivity index (χ3v) is 2.40. The van der Waals surface area contributed by atoms with Crippen molar-refractivity contribution in [3.8, 4) is 11.6 Å². The molecular weight excluding hydrogens is 257 g/mol. The van der Waals surface area contributed by atoms with Crippen LogP contribution in [0.25, 0.3) is 0 Å². The summed E-state index contributed by atoms with van der Waals surface area (Å²) in [4.78, 5) is 7.70. The lowest BCUT2D eigenvalue weighted by Crippen LogP contribution is -2.04. The van der Waals surface area contributed by atoms with Gasteiger partial charge in [0.1, 0.15) is 5.75 Å². The fourth-order valence-electron chi connectivity index (χ4n) is 1.30. The molecule has 0 saturated carbocycles. The Kier molecular flexibility index (Phi) is 3.94. The highest BCUT2D eigenvalue weighted by atomic mass is 35.5. The fraction of sp³-hybridized carbons (Fsp3) is 0.167. The summed E-state index contributed by atoms with van der Waals surface area (Å²) in [6.45, 7) is 2.53. The van der Waals surface area contributed by atoms with E-state index in [1.54, 1.807) is 24.3 Å². The standard InChI is InChI=1S/C12H11ClFN3O/c1-2-15-12-16-7-9(14)11(17-12)18-10-6-4-3-5-8(10)13/h3-7H,2H2,1H3,(H,15,16,17). The summed E-state index contributed by atoms with van der Waals surface area (Å²) in [7, 11) is 0. The monoisotopic (exact) mass is 267 g/mol. The smallest absolute Gasteiger partial charge is 0.260 e. The van der Waals surface area contributed by atoms with Crippen molar-refractivity contribution in [3.63, 3.8) is 0 Å². The zero-order chi connectivity index (χ0) is 13.0. The van der Waals surface area contributed by atoms with Crippen LogP contribution in [0.5, 0.6) is 11.6 Å². The molecule has 0 amide bonds. The first-order valence-corrected chi connectivity index (χ1v) is 5.77. The lowest BCUT2D eigenvalue weighted by atomic mass is 10.3. The molecule has 0 radical (unpaired) electrons. The molecule has 6 heteroatoms. The van der Waals surface area contributed by atoms with Gasteiger partial charge in [-0.3, -0.25) is 0 Å². The molecule has 4 nitrogen and oxygen atoms in total. The van der Waals surface area contributed by atoms with Crippen LogP contribution >= 0.6 is 11.6 Å². The number of nitrogens with one attached hydrogen (secondary N) is 1. The van der Waals surface area contributed by atoms with E-state index in [-0.39, 0.29) is 5.88 Å². The molecular formula is C12H11ClFN3O. The molecule has 0 fully saturated rings. The molecule has 2 aromatic rings. The van der Waals surface area contributed by atoms with Crippen molar-refractivity contribution < 1.29 is 9.13 Å². The van der Waals surface area contributed by atoms with Crippen LogP contribution < -0.4 is 10.1 Å². The molecule has 1 heterocycles. The second kappa shape index (κ2) is 5.64. The fourth-order valence-corrected chi connectivity index (χ4v) is 1.47. The van der Waals surface area contributed by atoms with Crippen molar-refractivity contribution in [2.45, 2.75) is 6.92 Å². The summed E-state index contributed by atoms with van der Waals surface area (Å²) in [5.74, 6) is -0.147. The van der Waals surface area contributed by atoms with E-state index in [1.807, 2.05) is 6.92 Å². The summed E-state index contributed by atoms with van der Waals surface area (Å²) in [6.07, 6.45) is 1.05. The highest BCUT2D eigenvalue weighted by Crippen LogP contribution is 2.29. The van der Waals surface area contributed by atoms with E-state index in [1.165, 1.54) is 0 Å². The molecule has 0 spiro atoms. The number of ether oxygens (including phenoxy) is 1. The highest BCUT2D eigenvalue weighted by molar-refractivity contribution is 6.32. The average molecular weight is 268 g/mol. The Labute approximate surface area is 109 Å². The molecule has 18 heavy (non-hydrogen) atoms. The van der Waals surface area contributed by atoms with Gasteiger partial charge in [0.15, 0.2) is 0 Å². The molecule has 2 rings (SSSR count). The van der Waals surface area contributed by atoms with Crippen molar-refractivity contribution in [2.24, 2.45) is 0 Å². The predicted octanol–water partition coefficient (Wildman–Crippen LogP) is 3.49. The van der Waals surface area contributed by atoms with Crippen LogP contribution in [-0.2, 0) is 0 Å². The minimum absolute atomic E-state index is 0.158. The summed E-state index contributed by atoms with van der Waals surface area (Å²) in [6, 6.07) is 6.79. The molecule has 0 aliphatic rings. The Morgan fingerprint density at radius 2 is 2.17 bits per heavy atom. The topological polar surface area (TPSA) is 47.0 Å². The quantitative estimate of drug-likeness (QED) is 0.921. The second-order valence-electron chi connectivity index (χ2n) is 3.41. The van der Waals surface area contributed by atoms with Crippen LogP contribution in [0.15, 0.2) is 30.5 Å². The number of benzene rings is 1. The highest BCUT2D eigenvalue weighted by Gasteiger charge is 2.10. The van der Waals surface area contributed by atoms with Crippen molar-refractivity contribution in [2.75, 3.05) is 11.9 Å². The van der Waals surface area contributed by atoms with Gasteiger partial charge in [0.2, 0.25) is 11.8 Å². The van der Waals surface area contributed by atoms with Crippen LogP contribution in [0, 0.1) is 5.82 Å². The Hall–Kier alpha value is -1.88. The van der Waals surface area contributed by atoms with Gasteiger partial charge >= 0.3 is 0 Å². The van der Waals surface area contributed by atoms with Crippen LogP contribution in [0.4, 0.5) is 10.3 Å². The van der Waals surface area contributed by atoms with Gasteiger partial charge in [0.05, 0.1) is 11.2 Å². The van der Waals surface area contributed by atoms with Gasteiger partial charge in [-0.2, -0.15) is 9.37 Å². The van der Waals surface area contributed by atoms with E-state index in [4.69, 9.17) is 16.3 Å². The van der Waals surface area contributed by atoms with Gasteiger partial charge in [0, 0.05) is 6.54 Å². The van der Waals surface area contributed by atoms with E-state index in [2.05, 4.69) is 15.3 Å². The Morgan fingerprint density at radius 1 is 1.39 bits per heavy atom. The number of para-hydroxylation sites is 1. The predicted molar refractivity (Wildman–Crippen MR) is 67.7 cm³/mol. The summed E-state index contributed by atoms with van der Waals surface area (Å²) < 4.78 is 18.8. The molecule has 1 aromatic carbocycles. The minimum Gasteiger partial charge on any atom is -0.435 e. The van der Waals surface area contributed by atoms with Gasteiger partial charge in [-0.15, -0.1) is 0 Å². The zero-order valence-electron chi connectivity index (χ0n) is 9.65. The first-order valence-electron chi connectivity index (χ1n) is 5.39. The lowest BCUT2D eigenvalue weighted by Gasteiger charge is -2.08. The first-order chi connectivity index (χ1) is 8.70. The maximum atomic E-state index is 13.5. The van der Waals surface area contributed by atoms with Crippen LogP contribution in [0.1, 0.15) is 6.92 Å². The molecule has 0 aliphatic heterocycles. The Balaban J connectivity index is 2.28. The van der Waals surface area contributed by atoms with Crippen LogP contribution in [0.2, 0.25) is 5.02 Å². The van der Waals surface area contributed by atoms with Crippen molar-refractivity contribution in [1.29, 1.82) is 0 Å². The van der Waals surface area contributed by atoms with E-state index >= 15 is 0 Å². The molecule has 1 aromatic heterocycles. The third-order valence-electron chi connectivity index (χ3n) is 2.09. The largest absolute Gasteiger partial charge is 0.435 e. The molecule has 0 atom stereocenters. The van der Waals surface area contributed by atoms with Gasteiger partial charge in [-0.25, -0.2) is 4.98 Å². The normalized spacial score (nSPS) is 10.2. The van der Waals surface area contributed by atoms with Gasteiger partial charge in [0.25, 0.3) is 5.88 Å². The first kappa shape index (κ1) is 12.6. The average Bonchev–Trinajstić information content (AvgIpc) is 2.36. The Bertz CT molecular complexity index is 551. The molecule has 94 valence electrons. The van der Waals surface area contributed by atoms with E-state index in [9.17, 15) is 4.39 Å². The second-order valence-corrected chi connectivity index (χ2v) is 3.82. The molecule has 0 aliphatic carbocycles. The van der Waals surface area contributed by atoms with Gasteiger partial charge in [-0.1, -0.05) is 23.7 Å². The maximum absolute atomic E-state index is 13.5. The minimum atomic E-state index is -0.642. The Morgan fingerprint density at radius 3 is 2.89 bits per heavy atom. The number of aromatic nitrogens is 2. The van der Waals surface area contributed by atoms with Crippen molar-refractivity contribution in [3.05, 3.63) is 41.3 Å². The van der Waals surface area contributed by atoms with Crippen LogP contribution in [-0.4, -0.2) is 16.5 Å². The molecule has 0 bridgehead atoms. The van der Waals surface area contributed by atoms with Gasteiger partial charge < -0.3 is 10.1 Å². The van der Waals surface area contributed by atoms with Crippen molar-refractivity contribution in [1.82, 2.24) is 9.97 Å². The summed E-state index contributed by atoms with van der Waals surface area (Å²) in [5.41, 5.74) is 0. The third kappa shape index (κ3) is 2.87. The molecule has 1 N–H and O–H groups in total. The number of hydrogen-bond acceptors (Lipinski definition) is 4. The number of halogens is 2. The van der Waals surface area contributed by atoms with E-state index in [0.29, 0.717) is 23.3 Å². The number of nitrogens with zero attached hydrogens (tertiary/aromatic N) is 2. The van der Waals surface area contributed by atoms with E-state index < -0.39 is 5.82 Å². The zero-order valence-corrected chi connectivity index (χ0v) is 10.4. The number of hydrogen-bond donors (Lipinski definition) is 1. The number of anilines is 1.